The zero-order valence-electron chi connectivity index (χ0n) is 11.5. The number of carbonyl (C=O) groups is 1. The lowest BCUT2D eigenvalue weighted by Crippen LogP contribution is -2.43. The second-order valence-electron chi connectivity index (χ2n) is 5.40. The van der Waals surface area contributed by atoms with Gasteiger partial charge < -0.3 is 16.0 Å². The molecule has 20 heavy (non-hydrogen) atoms. The minimum atomic E-state index is 0.0546. The Hall–Kier alpha value is -2.07. The molecule has 0 spiro atoms. The quantitative estimate of drug-likeness (QED) is 0.859. The summed E-state index contributed by atoms with van der Waals surface area (Å²) in [5.74, 6) is 0.0546. The van der Waals surface area contributed by atoms with Crippen LogP contribution in [0.2, 0.25) is 0 Å². The second kappa shape index (κ2) is 4.80. The summed E-state index contributed by atoms with van der Waals surface area (Å²) in [5.41, 5.74) is 11.0. The molecule has 1 unspecified atom stereocenters. The van der Waals surface area contributed by atoms with Gasteiger partial charge in [0, 0.05) is 36.5 Å². The van der Waals surface area contributed by atoms with Crippen molar-refractivity contribution in [2.75, 3.05) is 0 Å². The second-order valence-corrected chi connectivity index (χ2v) is 5.40. The summed E-state index contributed by atoms with van der Waals surface area (Å²) in [6.45, 7) is 9.54. The Morgan fingerprint density at radius 3 is 2.90 bits per heavy atom. The molecule has 4 heteroatoms. The van der Waals surface area contributed by atoms with E-state index in [0.717, 1.165) is 29.9 Å². The highest BCUT2D eigenvalue weighted by molar-refractivity contribution is 5.80. The molecule has 0 aromatic heterocycles. The van der Waals surface area contributed by atoms with Gasteiger partial charge in [-0.25, -0.2) is 0 Å². The van der Waals surface area contributed by atoms with Crippen LogP contribution in [0, 0.1) is 0 Å². The Labute approximate surface area is 119 Å². The van der Waals surface area contributed by atoms with E-state index in [9.17, 15) is 4.79 Å². The fourth-order valence-corrected chi connectivity index (χ4v) is 3.03. The fraction of sp³-hybridized carbons (Fsp3) is 0.312. The van der Waals surface area contributed by atoms with E-state index >= 15 is 0 Å². The van der Waals surface area contributed by atoms with Gasteiger partial charge in [0.15, 0.2) is 0 Å². The van der Waals surface area contributed by atoms with E-state index in [1.54, 1.807) is 0 Å². The lowest BCUT2D eigenvalue weighted by molar-refractivity contribution is -0.121. The van der Waals surface area contributed by atoms with E-state index in [1.165, 1.54) is 11.1 Å². The molecule has 3 rings (SSSR count). The van der Waals surface area contributed by atoms with Gasteiger partial charge in [0.1, 0.15) is 0 Å². The third-order valence-electron chi connectivity index (χ3n) is 4.13. The number of carbonyl (C=O) groups excluding carboxylic acids is 1. The Kier molecular flexibility index (Phi) is 3.10. The summed E-state index contributed by atoms with van der Waals surface area (Å²) >= 11 is 0. The first-order valence-electron chi connectivity index (χ1n) is 6.86. The highest BCUT2D eigenvalue weighted by Gasteiger charge is 2.32. The van der Waals surface area contributed by atoms with Gasteiger partial charge in [-0.05, 0) is 17.5 Å². The summed E-state index contributed by atoms with van der Waals surface area (Å²) in [7, 11) is 0. The molecule has 0 radical (unpaired) electrons. The number of nitrogens with two attached hydrogens (primary N) is 1. The highest BCUT2D eigenvalue weighted by atomic mass is 16.1. The fourth-order valence-electron chi connectivity index (χ4n) is 3.03. The third kappa shape index (κ3) is 2.02. The van der Waals surface area contributed by atoms with Crippen molar-refractivity contribution in [2.24, 2.45) is 5.73 Å². The van der Waals surface area contributed by atoms with Crippen molar-refractivity contribution in [3.8, 4) is 0 Å². The van der Waals surface area contributed by atoms with Gasteiger partial charge in [-0.2, -0.15) is 0 Å². The highest BCUT2D eigenvalue weighted by Crippen LogP contribution is 2.36. The van der Waals surface area contributed by atoms with E-state index in [0.29, 0.717) is 13.0 Å². The van der Waals surface area contributed by atoms with Gasteiger partial charge in [0.05, 0.1) is 6.04 Å². The van der Waals surface area contributed by atoms with Crippen LogP contribution < -0.4 is 11.1 Å². The van der Waals surface area contributed by atoms with Gasteiger partial charge >= 0.3 is 0 Å². The average Bonchev–Trinajstić information content (AvgIpc) is 2.75. The van der Waals surface area contributed by atoms with Gasteiger partial charge in [-0.1, -0.05) is 31.4 Å². The molecule has 0 saturated carbocycles. The van der Waals surface area contributed by atoms with Gasteiger partial charge in [0.2, 0.25) is 5.91 Å². The van der Waals surface area contributed by atoms with Crippen molar-refractivity contribution < 1.29 is 4.79 Å². The minimum Gasteiger partial charge on any atom is -0.359 e. The number of benzene rings is 1. The molecule has 1 saturated heterocycles. The maximum absolute atomic E-state index is 11.4. The Balaban J connectivity index is 1.86. The van der Waals surface area contributed by atoms with Gasteiger partial charge in [0.25, 0.3) is 0 Å². The van der Waals surface area contributed by atoms with E-state index in [2.05, 4.69) is 35.5 Å². The smallest absolute Gasteiger partial charge is 0.224 e. The molecule has 3 N–H and O–H groups in total. The van der Waals surface area contributed by atoms with Crippen LogP contribution in [-0.2, 0) is 17.9 Å². The molecule has 0 bridgehead atoms. The van der Waals surface area contributed by atoms with Crippen LogP contribution in [0.1, 0.15) is 29.5 Å². The molecule has 1 atom stereocenters. The topological polar surface area (TPSA) is 58.4 Å². The Morgan fingerprint density at radius 2 is 2.20 bits per heavy atom. The van der Waals surface area contributed by atoms with Gasteiger partial charge in [-0.3, -0.25) is 4.79 Å². The van der Waals surface area contributed by atoms with Crippen molar-refractivity contribution in [1.29, 1.82) is 0 Å². The van der Waals surface area contributed by atoms with Crippen LogP contribution in [0.5, 0.6) is 0 Å². The third-order valence-corrected chi connectivity index (χ3v) is 4.13. The summed E-state index contributed by atoms with van der Waals surface area (Å²) in [6.07, 6.45) is 1.33. The zero-order valence-corrected chi connectivity index (χ0v) is 11.5. The molecular formula is C16H19N3O. The van der Waals surface area contributed by atoms with Crippen molar-refractivity contribution in [2.45, 2.75) is 32.0 Å². The standard InChI is InChI=1S/C16H19N3O/c1-10-15(5-6-16(20)18-10)19-9-13-7-12(8-17)3-4-14(13)11(19)2/h3-4,7,15H,1-2,5-6,8-9,17H2,(H,18,20). The van der Waals surface area contributed by atoms with Crippen LogP contribution in [0.25, 0.3) is 5.70 Å². The van der Waals surface area contributed by atoms with Crippen LogP contribution in [0.3, 0.4) is 0 Å². The molecule has 1 amide bonds. The molecular weight excluding hydrogens is 250 g/mol. The normalized spacial score (nSPS) is 21.9. The maximum Gasteiger partial charge on any atom is 0.224 e. The van der Waals surface area contributed by atoms with Crippen molar-refractivity contribution in [3.63, 3.8) is 0 Å². The molecule has 104 valence electrons. The first kappa shape index (κ1) is 12.9. The van der Waals surface area contributed by atoms with E-state index < -0.39 is 0 Å². The lowest BCUT2D eigenvalue weighted by Gasteiger charge is -2.34. The number of hydrogen-bond acceptors (Lipinski definition) is 3. The maximum atomic E-state index is 11.4. The van der Waals surface area contributed by atoms with Crippen molar-refractivity contribution >= 4 is 11.6 Å². The number of nitrogens with one attached hydrogen (secondary N) is 1. The number of nitrogens with zero attached hydrogens (tertiary/aromatic N) is 1. The summed E-state index contributed by atoms with van der Waals surface area (Å²) in [4.78, 5) is 13.6. The molecule has 2 aliphatic rings. The molecule has 2 heterocycles. The number of hydrogen-bond donors (Lipinski definition) is 2. The van der Waals surface area contributed by atoms with Crippen LogP contribution >= 0.6 is 0 Å². The lowest BCUT2D eigenvalue weighted by atomic mass is 10.0. The number of piperidine rings is 1. The number of amides is 1. The van der Waals surface area contributed by atoms with Crippen molar-refractivity contribution in [1.82, 2.24) is 10.2 Å². The molecule has 1 fully saturated rings. The molecule has 4 nitrogen and oxygen atoms in total. The number of fused-ring (bicyclic) bond motifs is 1. The summed E-state index contributed by atoms with van der Waals surface area (Å²) < 4.78 is 0. The van der Waals surface area contributed by atoms with Gasteiger partial charge in [-0.15, -0.1) is 0 Å². The van der Waals surface area contributed by atoms with E-state index in [1.807, 2.05) is 6.07 Å². The molecule has 0 aliphatic carbocycles. The van der Waals surface area contributed by atoms with Crippen molar-refractivity contribution in [3.05, 3.63) is 53.7 Å². The Morgan fingerprint density at radius 1 is 1.40 bits per heavy atom. The van der Waals surface area contributed by atoms with Crippen LogP contribution in [0.4, 0.5) is 0 Å². The Bertz CT molecular complexity index is 606. The van der Waals surface area contributed by atoms with E-state index in [-0.39, 0.29) is 11.9 Å². The predicted molar refractivity (Wildman–Crippen MR) is 79.2 cm³/mol. The first-order valence-corrected chi connectivity index (χ1v) is 6.86. The van der Waals surface area contributed by atoms with E-state index in [4.69, 9.17) is 5.73 Å². The zero-order chi connectivity index (χ0) is 14.3. The average molecular weight is 269 g/mol. The monoisotopic (exact) mass is 269 g/mol. The molecule has 1 aromatic carbocycles. The SMILES string of the molecule is C=C1NC(=O)CCC1N1Cc2cc(CN)ccc2C1=C. The first-order chi connectivity index (χ1) is 9.60. The van der Waals surface area contributed by atoms with Crippen LogP contribution in [-0.4, -0.2) is 16.8 Å². The molecule has 1 aromatic rings. The molecule has 2 aliphatic heterocycles. The predicted octanol–water partition coefficient (Wildman–Crippen LogP) is 1.72. The number of rotatable bonds is 2. The summed E-state index contributed by atoms with van der Waals surface area (Å²) in [6, 6.07) is 6.41. The largest absolute Gasteiger partial charge is 0.359 e. The minimum absolute atomic E-state index is 0.0546. The van der Waals surface area contributed by atoms with Crippen LogP contribution in [0.15, 0.2) is 37.1 Å². The summed E-state index contributed by atoms with van der Waals surface area (Å²) in [5, 5.41) is 2.84.